The van der Waals surface area contributed by atoms with Crippen LogP contribution < -0.4 is 15.1 Å². The molecule has 0 aromatic heterocycles. The van der Waals surface area contributed by atoms with Gasteiger partial charge in [0.1, 0.15) is 12.6 Å². The van der Waals surface area contributed by atoms with Crippen molar-refractivity contribution in [3.05, 3.63) is 18.2 Å². The molecule has 1 unspecified atom stereocenters. The van der Waals surface area contributed by atoms with Gasteiger partial charge in [-0.15, -0.1) is 0 Å². The van der Waals surface area contributed by atoms with Crippen LogP contribution >= 0.6 is 0 Å². The Hall–Kier alpha value is -2.17. The molecule has 4 rings (SSSR count). The first kappa shape index (κ1) is 22.0. The number of nitrogens with zero attached hydrogens (tertiary/aromatic N) is 3. The van der Waals surface area contributed by atoms with Gasteiger partial charge in [-0.2, -0.15) is 4.31 Å². The Labute approximate surface area is 183 Å². The molecule has 10 heteroatoms. The number of nitrogens with one attached hydrogen (secondary N) is 1. The van der Waals surface area contributed by atoms with Crippen LogP contribution in [-0.2, 0) is 24.3 Å². The van der Waals surface area contributed by atoms with Crippen LogP contribution in [0.3, 0.4) is 0 Å². The number of sulfonamides is 1. The number of amides is 2. The van der Waals surface area contributed by atoms with Crippen molar-refractivity contribution in [3.8, 4) is 0 Å². The normalized spacial score (nSPS) is 21.7. The molecule has 1 aromatic rings. The van der Waals surface area contributed by atoms with Gasteiger partial charge in [0.15, 0.2) is 0 Å². The van der Waals surface area contributed by atoms with Crippen LogP contribution in [0.1, 0.15) is 32.1 Å². The van der Waals surface area contributed by atoms with Crippen LogP contribution in [0.15, 0.2) is 23.1 Å². The summed E-state index contributed by atoms with van der Waals surface area (Å²) in [5.41, 5.74) is 1.31. The van der Waals surface area contributed by atoms with Crippen molar-refractivity contribution in [1.82, 2.24) is 9.62 Å². The zero-order chi connectivity index (χ0) is 22.0. The van der Waals surface area contributed by atoms with Crippen molar-refractivity contribution in [2.75, 3.05) is 56.2 Å². The molecule has 1 aromatic carbocycles. The molecule has 170 valence electrons. The molecule has 0 spiro atoms. The molecule has 1 N–H and O–H groups in total. The molecule has 31 heavy (non-hydrogen) atoms. The van der Waals surface area contributed by atoms with Gasteiger partial charge in [-0.1, -0.05) is 0 Å². The Morgan fingerprint density at radius 2 is 1.87 bits per heavy atom. The maximum Gasteiger partial charge on any atom is 0.250 e. The second kappa shape index (κ2) is 9.13. The third-order valence-electron chi connectivity index (χ3n) is 6.23. The Balaban J connectivity index is 1.68. The standard InChI is InChI=1S/C21H30N4O5S/c1-30-13-9-22-20(26)15-25-19-14-16(31(28,29)23-10-4-5-11-23)7-8-17(19)24-12-3-2-6-18(24)21(25)27/h7-8,14,18H,2-6,9-13,15H2,1H3,(H,22,26). The quantitative estimate of drug-likeness (QED) is 0.621. The maximum atomic E-state index is 13.3. The number of carbonyl (C=O) groups is 2. The van der Waals surface area contributed by atoms with E-state index < -0.39 is 10.0 Å². The number of fused-ring (bicyclic) bond motifs is 3. The second-order valence-electron chi connectivity index (χ2n) is 8.23. The number of piperidine rings is 1. The van der Waals surface area contributed by atoms with Gasteiger partial charge >= 0.3 is 0 Å². The Morgan fingerprint density at radius 3 is 2.61 bits per heavy atom. The summed E-state index contributed by atoms with van der Waals surface area (Å²) in [6.45, 7) is 2.35. The summed E-state index contributed by atoms with van der Waals surface area (Å²) in [5.74, 6) is -0.446. The van der Waals surface area contributed by atoms with Crippen molar-refractivity contribution in [1.29, 1.82) is 0 Å². The molecule has 3 heterocycles. The summed E-state index contributed by atoms with van der Waals surface area (Å²) in [6, 6.07) is 4.67. The predicted molar refractivity (Wildman–Crippen MR) is 117 cm³/mol. The molecule has 2 amide bonds. The predicted octanol–water partition coefficient (Wildman–Crippen LogP) is 0.939. The Morgan fingerprint density at radius 1 is 1.13 bits per heavy atom. The van der Waals surface area contributed by atoms with E-state index in [0.29, 0.717) is 31.9 Å². The molecule has 0 bridgehead atoms. The van der Waals surface area contributed by atoms with Crippen molar-refractivity contribution < 1.29 is 22.7 Å². The lowest BCUT2D eigenvalue weighted by molar-refractivity contribution is -0.125. The number of benzene rings is 1. The van der Waals surface area contributed by atoms with Gasteiger partial charge in [0.05, 0.1) is 22.9 Å². The van der Waals surface area contributed by atoms with Gasteiger partial charge in [-0.25, -0.2) is 8.42 Å². The molecule has 2 saturated heterocycles. The van der Waals surface area contributed by atoms with Crippen LogP contribution in [-0.4, -0.2) is 77.0 Å². The first-order valence-electron chi connectivity index (χ1n) is 10.9. The molecule has 3 aliphatic heterocycles. The fourth-order valence-electron chi connectivity index (χ4n) is 4.63. The number of rotatable bonds is 7. The topological polar surface area (TPSA) is 99.3 Å². The summed E-state index contributed by atoms with van der Waals surface area (Å²) >= 11 is 0. The Kier molecular flexibility index (Phi) is 6.49. The van der Waals surface area contributed by atoms with Crippen molar-refractivity contribution >= 4 is 33.2 Å². The first-order chi connectivity index (χ1) is 14.9. The van der Waals surface area contributed by atoms with E-state index >= 15 is 0 Å². The highest BCUT2D eigenvalue weighted by Crippen LogP contribution is 2.41. The lowest BCUT2D eigenvalue weighted by Crippen LogP contribution is -2.57. The number of ether oxygens (including phenoxy) is 1. The van der Waals surface area contributed by atoms with Gasteiger partial charge in [0.25, 0.3) is 0 Å². The van der Waals surface area contributed by atoms with E-state index in [0.717, 1.165) is 44.3 Å². The molecule has 0 radical (unpaired) electrons. The summed E-state index contributed by atoms with van der Waals surface area (Å²) < 4.78 is 32.7. The van der Waals surface area contributed by atoms with Crippen molar-refractivity contribution in [3.63, 3.8) is 0 Å². The lowest BCUT2D eigenvalue weighted by Gasteiger charge is -2.45. The molecule has 3 aliphatic rings. The van der Waals surface area contributed by atoms with Gasteiger partial charge in [-0.05, 0) is 50.3 Å². The van der Waals surface area contributed by atoms with E-state index in [1.54, 1.807) is 25.3 Å². The van der Waals surface area contributed by atoms with E-state index in [9.17, 15) is 18.0 Å². The third-order valence-corrected chi connectivity index (χ3v) is 8.13. The van der Waals surface area contributed by atoms with E-state index in [1.807, 2.05) is 0 Å². The van der Waals surface area contributed by atoms with Crippen LogP contribution in [0, 0.1) is 0 Å². The molecular weight excluding hydrogens is 420 g/mol. The highest BCUT2D eigenvalue weighted by atomic mass is 32.2. The monoisotopic (exact) mass is 450 g/mol. The number of hydrogen-bond acceptors (Lipinski definition) is 6. The molecular formula is C21H30N4O5S. The number of methoxy groups -OCH3 is 1. The summed E-state index contributed by atoms with van der Waals surface area (Å²) in [5, 5.41) is 2.75. The number of anilines is 2. The zero-order valence-corrected chi connectivity index (χ0v) is 18.7. The van der Waals surface area contributed by atoms with Crippen LogP contribution in [0.25, 0.3) is 0 Å². The molecule has 2 fully saturated rings. The highest BCUT2D eigenvalue weighted by Gasteiger charge is 2.41. The fourth-order valence-corrected chi connectivity index (χ4v) is 6.17. The minimum Gasteiger partial charge on any atom is -0.383 e. The first-order valence-corrected chi connectivity index (χ1v) is 12.4. The van der Waals surface area contributed by atoms with Gasteiger partial charge < -0.3 is 15.0 Å². The minimum atomic E-state index is -3.63. The summed E-state index contributed by atoms with van der Waals surface area (Å²) in [6.07, 6.45) is 4.37. The van der Waals surface area contributed by atoms with Crippen molar-refractivity contribution in [2.24, 2.45) is 0 Å². The molecule has 0 aliphatic carbocycles. The van der Waals surface area contributed by atoms with Crippen LogP contribution in [0.4, 0.5) is 11.4 Å². The van der Waals surface area contributed by atoms with Crippen LogP contribution in [0.2, 0.25) is 0 Å². The number of hydrogen-bond donors (Lipinski definition) is 1. The largest absolute Gasteiger partial charge is 0.383 e. The fraction of sp³-hybridized carbons (Fsp3) is 0.619. The van der Waals surface area contributed by atoms with Crippen molar-refractivity contribution in [2.45, 2.75) is 43.0 Å². The Bertz CT molecular complexity index is 945. The van der Waals surface area contributed by atoms with Gasteiger partial charge in [0.2, 0.25) is 21.8 Å². The van der Waals surface area contributed by atoms with Crippen LogP contribution in [0.5, 0.6) is 0 Å². The lowest BCUT2D eigenvalue weighted by atomic mass is 9.96. The van der Waals surface area contributed by atoms with E-state index in [2.05, 4.69) is 10.2 Å². The number of carbonyl (C=O) groups excluding carboxylic acids is 2. The summed E-state index contributed by atoms with van der Waals surface area (Å²) in [7, 11) is -2.08. The van der Waals surface area contributed by atoms with E-state index in [4.69, 9.17) is 4.74 Å². The smallest absolute Gasteiger partial charge is 0.250 e. The van der Waals surface area contributed by atoms with Gasteiger partial charge in [0, 0.05) is 33.3 Å². The average molecular weight is 451 g/mol. The average Bonchev–Trinajstić information content (AvgIpc) is 3.32. The molecule has 1 atom stereocenters. The second-order valence-corrected chi connectivity index (χ2v) is 10.2. The highest BCUT2D eigenvalue weighted by molar-refractivity contribution is 7.89. The SMILES string of the molecule is COCCNC(=O)CN1C(=O)C2CCCCN2c2ccc(S(=O)(=O)N3CCCC3)cc21. The summed E-state index contributed by atoms with van der Waals surface area (Å²) in [4.78, 5) is 29.5. The zero-order valence-electron chi connectivity index (χ0n) is 17.9. The van der Waals surface area contributed by atoms with E-state index in [1.165, 1.54) is 9.21 Å². The maximum absolute atomic E-state index is 13.3. The van der Waals surface area contributed by atoms with E-state index in [-0.39, 0.29) is 29.3 Å². The molecule has 9 nitrogen and oxygen atoms in total. The minimum absolute atomic E-state index is 0.146. The van der Waals surface area contributed by atoms with Gasteiger partial charge in [-0.3, -0.25) is 14.5 Å². The third kappa shape index (κ3) is 4.28. The molecule has 0 saturated carbocycles.